The van der Waals surface area contributed by atoms with Crippen LogP contribution in [0.4, 0.5) is 5.82 Å². The molecule has 0 saturated heterocycles. The lowest BCUT2D eigenvalue weighted by atomic mass is 10.3. The first kappa shape index (κ1) is 5.28. The largest absolute Gasteiger partial charge is 0.383 e. The standard InChI is InChI=1S/C5H8N4O/c1-9-4(6)3(2-8-9)5(7)10/h2H,6H2,1H3,(H2,7,10)/i1D. The van der Waals surface area contributed by atoms with Gasteiger partial charge < -0.3 is 11.5 Å². The number of nitrogens with zero attached hydrogens (tertiary/aromatic N) is 2. The van der Waals surface area contributed by atoms with E-state index in [1.807, 2.05) is 0 Å². The van der Waals surface area contributed by atoms with E-state index in [1.54, 1.807) is 0 Å². The lowest BCUT2D eigenvalue weighted by Crippen LogP contribution is -2.12. The molecular formula is C5H8N4O. The van der Waals surface area contributed by atoms with Crippen molar-refractivity contribution in [3.05, 3.63) is 11.8 Å². The molecule has 54 valence electrons. The minimum atomic E-state index is -0.623. The molecule has 0 spiro atoms. The Balaban J connectivity index is 3.10. The highest BCUT2D eigenvalue weighted by atomic mass is 16.1. The van der Waals surface area contributed by atoms with E-state index in [2.05, 4.69) is 5.10 Å². The quantitative estimate of drug-likeness (QED) is 0.531. The number of aromatic nitrogens is 2. The third kappa shape index (κ3) is 0.812. The highest BCUT2D eigenvalue weighted by Crippen LogP contribution is 2.06. The van der Waals surface area contributed by atoms with Crippen molar-refractivity contribution in [1.82, 2.24) is 9.78 Å². The summed E-state index contributed by atoms with van der Waals surface area (Å²) in [6.07, 6.45) is 1.26. The van der Waals surface area contributed by atoms with Gasteiger partial charge in [-0.3, -0.25) is 9.48 Å². The number of primary amides is 1. The van der Waals surface area contributed by atoms with Gasteiger partial charge in [-0.25, -0.2) is 0 Å². The molecule has 0 aliphatic heterocycles. The van der Waals surface area contributed by atoms with Gasteiger partial charge in [0, 0.05) is 8.39 Å². The second kappa shape index (κ2) is 2.02. The molecule has 4 N–H and O–H groups in total. The van der Waals surface area contributed by atoms with E-state index < -0.39 is 5.91 Å². The SMILES string of the molecule is [2H]Cn1ncc(C(N)=O)c1N. The summed E-state index contributed by atoms with van der Waals surface area (Å²) in [5.41, 5.74) is 10.5. The topological polar surface area (TPSA) is 86.9 Å². The van der Waals surface area contributed by atoms with E-state index in [4.69, 9.17) is 12.8 Å². The summed E-state index contributed by atoms with van der Waals surface area (Å²) in [7, 11) is -0.112. The first-order valence-corrected chi connectivity index (χ1v) is 2.57. The minimum absolute atomic E-state index is 0.112. The molecule has 0 radical (unpaired) electrons. The van der Waals surface area contributed by atoms with Gasteiger partial charge in [0.05, 0.1) is 6.20 Å². The van der Waals surface area contributed by atoms with Crippen LogP contribution < -0.4 is 11.5 Å². The summed E-state index contributed by atoms with van der Waals surface area (Å²) >= 11 is 0. The van der Waals surface area contributed by atoms with Crippen LogP contribution in [0.5, 0.6) is 0 Å². The highest BCUT2D eigenvalue weighted by Gasteiger charge is 2.08. The Labute approximate surface area is 59.0 Å². The number of hydrogen-bond donors (Lipinski definition) is 2. The number of rotatable bonds is 1. The lowest BCUT2D eigenvalue weighted by molar-refractivity contribution is 0.100. The van der Waals surface area contributed by atoms with Crippen molar-refractivity contribution < 1.29 is 6.17 Å². The van der Waals surface area contributed by atoms with Crippen LogP contribution in [0.3, 0.4) is 0 Å². The van der Waals surface area contributed by atoms with Gasteiger partial charge in [0.1, 0.15) is 11.4 Å². The number of anilines is 1. The molecule has 5 heteroatoms. The second-order valence-electron chi connectivity index (χ2n) is 1.81. The van der Waals surface area contributed by atoms with Crippen LogP contribution in [0.1, 0.15) is 11.7 Å². The fraction of sp³-hybridized carbons (Fsp3) is 0.200. The molecule has 0 atom stereocenters. The van der Waals surface area contributed by atoms with Gasteiger partial charge in [0.15, 0.2) is 0 Å². The summed E-state index contributed by atoms with van der Waals surface area (Å²) in [5.74, 6) is -0.477. The number of aryl methyl sites for hydroxylation is 1. The predicted molar refractivity (Wildman–Crippen MR) is 36.1 cm³/mol. The maximum atomic E-state index is 10.6. The van der Waals surface area contributed by atoms with Gasteiger partial charge >= 0.3 is 0 Å². The predicted octanol–water partition coefficient (Wildman–Crippen LogP) is -0.899. The van der Waals surface area contributed by atoms with Gasteiger partial charge in [-0.2, -0.15) is 5.10 Å². The number of nitrogens with two attached hydrogens (primary N) is 2. The summed E-state index contributed by atoms with van der Waals surface area (Å²) in [6.45, 7) is 0. The molecular weight excluding hydrogens is 132 g/mol. The molecule has 1 aromatic rings. The summed E-state index contributed by atoms with van der Waals surface area (Å²) in [4.78, 5) is 10.6. The van der Waals surface area contributed by atoms with Crippen LogP contribution in [0.2, 0.25) is 0 Å². The zero-order chi connectivity index (χ0) is 8.43. The van der Waals surface area contributed by atoms with E-state index in [1.165, 1.54) is 10.9 Å². The van der Waals surface area contributed by atoms with E-state index in [-0.39, 0.29) is 18.4 Å². The van der Waals surface area contributed by atoms with Gasteiger partial charge in [-0.05, 0) is 0 Å². The van der Waals surface area contributed by atoms with Crippen molar-refractivity contribution in [1.29, 1.82) is 0 Å². The van der Waals surface area contributed by atoms with E-state index in [0.717, 1.165) is 0 Å². The van der Waals surface area contributed by atoms with E-state index in [0.29, 0.717) is 0 Å². The first-order valence-electron chi connectivity index (χ1n) is 3.28. The molecule has 0 aliphatic carbocycles. The van der Waals surface area contributed by atoms with Crippen LogP contribution in [0.25, 0.3) is 0 Å². The number of nitrogen functional groups attached to an aromatic ring is 1. The average Bonchev–Trinajstić information content (AvgIpc) is 2.30. The fourth-order valence-electron chi connectivity index (χ4n) is 0.585. The number of amides is 1. The smallest absolute Gasteiger partial charge is 0.254 e. The monoisotopic (exact) mass is 141 g/mol. The third-order valence-electron chi connectivity index (χ3n) is 1.15. The summed E-state index contributed by atoms with van der Waals surface area (Å²) in [5, 5.41) is 3.66. The number of carbonyl (C=O) groups is 1. The maximum Gasteiger partial charge on any atom is 0.254 e. The molecule has 0 aliphatic rings. The Morgan fingerprint density at radius 2 is 2.70 bits per heavy atom. The Morgan fingerprint density at radius 3 is 3.00 bits per heavy atom. The first-order chi connectivity index (χ1) is 5.16. The minimum Gasteiger partial charge on any atom is -0.383 e. The summed E-state index contributed by atoms with van der Waals surface area (Å²) in [6, 6.07) is 0. The molecule has 1 amide bonds. The molecule has 1 heterocycles. The van der Waals surface area contributed by atoms with Crippen LogP contribution in [0, 0.1) is 0 Å². The molecule has 10 heavy (non-hydrogen) atoms. The Hall–Kier alpha value is -1.52. The van der Waals surface area contributed by atoms with Crippen molar-refractivity contribution in [3.8, 4) is 0 Å². The van der Waals surface area contributed by atoms with Crippen molar-refractivity contribution in [2.24, 2.45) is 12.8 Å². The average molecular weight is 141 g/mol. The molecule has 0 fully saturated rings. The summed E-state index contributed by atoms with van der Waals surface area (Å²) < 4.78 is 8.09. The normalized spacial score (nSPS) is 11.0. The molecule has 0 bridgehead atoms. The van der Waals surface area contributed by atoms with Crippen molar-refractivity contribution in [2.75, 3.05) is 5.73 Å². The van der Waals surface area contributed by atoms with Crippen molar-refractivity contribution >= 4 is 11.7 Å². The van der Waals surface area contributed by atoms with Crippen LogP contribution in [0.15, 0.2) is 6.20 Å². The Morgan fingerprint density at radius 1 is 2.00 bits per heavy atom. The highest BCUT2D eigenvalue weighted by molar-refractivity contribution is 5.96. The van der Waals surface area contributed by atoms with Gasteiger partial charge in [0.25, 0.3) is 5.91 Å². The van der Waals surface area contributed by atoms with E-state index >= 15 is 0 Å². The Kier molecular flexibility index (Phi) is 1.06. The second-order valence-corrected chi connectivity index (χ2v) is 1.81. The number of hydrogen-bond acceptors (Lipinski definition) is 3. The third-order valence-corrected chi connectivity index (χ3v) is 1.15. The number of carbonyl (C=O) groups excluding carboxylic acids is 1. The van der Waals surface area contributed by atoms with Crippen LogP contribution in [-0.4, -0.2) is 15.7 Å². The maximum absolute atomic E-state index is 10.6. The van der Waals surface area contributed by atoms with Crippen LogP contribution in [-0.2, 0) is 7.02 Å². The molecule has 1 aromatic heterocycles. The van der Waals surface area contributed by atoms with Crippen molar-refractivity contribution in [3.63, 3.8) is 0 Å². The molecule has 1 rings (SSSR count). The molecule has 0 aromatic carbocycles. The zero-order valence-corrected chi connectivity index (χ0v) is 5.24. The fourth-order valence-corrected chi connectivity index (χ4v) is 0.585. The van der Waals surface area contributed by atoms with Gasteiger partial charge in [-0.15, -0.1) is 0 Å². The van der Waals surface area contributed by atoms with E-state index in [9.17, 15) is 4.79 Å². The van der Waals surface area contributed by atoms with Crippen LogP contribution >= 0.6 is 0 Å². The van der Waals surface area contributed by atoms with Crippen molar-refractivity contribution in [2.45, 2.75) is 0 Å². The molecule has 5 nitrogen and oxygen atoms in total. The van der Waals surface area contributed by atoms with Gasteiger partial charge in [-0.1, -0.05) is 0 Å². The molecule has 0 saturated carbocycles. The molecule has 0 unspecified atom stereocenters. The Bertz CT molecular complexity index is 282. The zero-order valence-electron chi connectivity index (χ0n) is 6.24. The van der Waals surface area contributed by atoms with Gasteiger partial charge in [0.2, 0.25) is 0 Å². The lowest BCUT2D eigenvalue weighted by Gasteiger charge is -1.93.